The van der Waals surface area contributed by atoms with Crippen molar-refractivity contribution in [2.75, 3.05) is 0 Å². The first-order valence-electron chi connectivity index (χ1n) is 10.5. The Hall–Kier alpha value is -3.14. The average Bonchev–Trinajstić information content (AvgIpc) is 3.11. The fraction of sp³-hybridized carbons (Fsp3) is 0.280. The normalized spacial score (nSPS) is 18.7. The van der Waals surface area contributed by atoms with Crippen molar-refractivity contribution in [3.05, 3.63) is 76.2 Å². The fourth-order valence-electron chi connectivity index (χ4n) is 5.10. The standard InChI is InChI=1S/C25H23N3O/c29-24-22-19-10-8-17-15-26-18(9-7-16-5-2-1-3-6-16)13-20(17)23(19)27-21(22)14-25(28-24)11-4-12-25/h1-3,5-7,9,13,15,27H,4,8,10-12,14H2,(H,28,29). The molecule has 4 heteroatoms. The summed E-state index contributed by atoms with van der Waals surface area (Å²) < 4.78 is 0. The molecule has 6 rings (SSSR count). The van der Waals surface area contributed by atoms with Crippen LogP contribution in [0.1, 0.15) is 57.7 Å². The first kappa shape index (κ1) is 16.8. The van der Waals surface area contributed by atoms with Crippen LogP contribution in [0.25, 0.3) is 23.4 Å². The first-order chi connectivity index (χ1) is 14.2. The summed E-state index contributed by atoms with van der Waals surface area (Å²) in [6.07, 6.45) is 12.3. The summed E-state index contributed by atoms with van der Waals surface area (Å²) in [5.41, 5.74) is 8.89. The third-order valence-electron chi connectivity index (χ3n) is 6.78. The van der Waals surface area contributed by atoms with E-state index in [1.165, 1.54) is 23.1 Å². The van der Waals surface area contributed by atoms with Crippen LogP contribution in [0.15, 0.2) is 42.6 Å². The summed E-state index contributed by atoms with van der Waals surface area (Å²) in [4.78, 5) is 21.2. The number of aromatic amines is 1. The highest BCUT2D eigenvalue weighted by atomic mass is 16.2. The lowest BCUT2D eigenvalue weighted by Gasteiger charge is -2.45. The number of hydrogen-bond acceptors (Lipinski definition) is 2. The molecule has 1 amide bonds. The van der Waals surface area contributed by atoms with Crippen LogP contribution in [-0.2, 0) is 19.3 Å². The summed E-state index contributed by atoms with van der Waals surface area (Å²) in [5, 5.41) is 3.31. The molecule has 3 heterocycles. The summed E-state index contributed by atoms with van der Waals surface area (Å²) in [6.45, 7) is 0. The van der Waals surface area contributed by atoms with Crippen LogP contribution in [-0.4, -0.2) is 21.4 Å². The molecular formula is C25H23N3O. The molecule has 2 aromatic heterocycles. The highest BCUT2D eigenvalue weighted by molar-refractivity contribution is 6.01. The molecule has 0 bridgehead atoms. The topological polar surface area (TPSA) is 57.8 Å². The Kier molecular flexibility index (Phi) is 3.58. The minimum absolute atomic E-state index is 0.00217. The summed E-state index contributed by atoms with van der Waals surface area (Å²) in [7, 11) is 0. The predicted molar refractivity (Wildman–Crippen MR) is 115 cm³/mol. The highest BCUT2D eigenvalue weighted by Gasteiger charge is 2.45. The molecule has 1 saturated carbocycles. The lowest BCUT2D eigenvalue weighted by molar-refractivity contribution is 0.0793. The van der Waals surface area contributed by atoms with E-state index in [9.17, 15) is 4.79 Å². The van der Waals surface area contributed by atoms with Crippen molar-refractivity contribution in [1.29, 1.82) is 0 Å². The molecule has 3 aromatic rings. The molecular weight excluding hydrogens is 358 g/mol. The minimum atomic E-state index is 0.00217. The van der Waals surface area contributed by atoms with Crippen molar-refractivity contribution in [2.45, 2.75) is 44.1 Å². The maximum absolute atomic E-state index is 12.9. The zero-order valence-corrected chi connectivity index (χ0v) is 16.3. The van der Waals surface area contributed by atoms with E-state index in [1.807, 2.05) is 24.4 Å². The number of hydrogen-bond donors (Lipinski definition) is 2. The van der Waals surface area contributed by atoms with Gasteiger partial charge < -0.3 is 10.3 Å². The Morgan fingerprint density at radius 1 is 1.07 bits per heavy atom. The Balaban J connectivity index is 1.40. The summed E-state index contributed by atoms with van der Waals surface area (Å²) in [6, 6.07) is 12.4. The maximum Gasteiger partial charge on any atom is 0.253 e. The zero-order chi connectivity index (χ0) is 19.4. The van der Waals surface area contributed by atoms with E-state index < -0.39 is 0 Å². The van der Waals surface area contributed by atoms with Crippen LogP contribution >= 0.6 is 0 Å². The van der Waals surface area contributed by atoms with Gasteiger partial charge in [-0.25, -0.2) is 0 Å². The van der Waals surface area contributed by atoms with Crippen molar-refractivity contribution < 1.29 is 4.79 Å². The second-order valence-electron chi connectivity index (χ2n) is 8.61. The second-order valence-corrected chi connectivity index (χ2v) is 8.61. The van der Waals surface area contributed by atoms with Gasteiger partial charge in [0.25, 0.3) is 5.91 Å². The number of nitrogens with zero attached hydrogens (tertiary/aromatic N) is 1. The van der Waals surface area contributed by atoms with Crippen molar-refractivity contribution >= 4 is 18.1 Å². The first-order valence-corrected chi connectivity index (χ1v) is 10.5. The quantitative estimate of drug-likeness (QED) is 0.684. The van der Waals surface area contributed by atoms with E-state index in [2.05, 4.69) is 45.6 Å². The number of pyridine rings is 1. The molecule has 1 aliphatic heterocycles. The lowest BCUT2D eigenvalue weighted by atomic mass is 9.71. The highest BCUT2D eigenvalue weighted by Crippen LogP contribution is 2.43. The predicted octanol–water partition coefficient (Wildman–Crippen LogP) is 4.55. The van der Waals surface area contributed by atoms with Gasteiger partial charge in [-0.05, 0) is 60.9 Å². The third kappa shape index (κ3) is 2.66. The van der Waals surface area contributed by atoms with Gasteiger partial charge in [0.15, 0.2) is 0 Å². The van der Waals surface area contributed by atoms with Gasteiger partial charge in [-0.1, -0.05) is 36.4 Å². The molecule has 29 heavy (non-hydrogen) atoms. The number of fused-ring (bicyclic) bond motifs is 5. The van der Waals surface area contributed by atoms with Gasteiger partial charge in [0.05, 0.1) is 17.0 Å². The number of benzene rings is 1. The number of amides is 1. The van der Waals surface area contributed by atoms with Gasteiger partial charge in [-0.15, -0.1) is 0 Å². The molecule has 1 aromatic carbocycles. The molecule has 1 spiro atoms. The number of rotatable bonds is 2. The molecule has 0 radical (unpaired) electrons. The molecule has 0 saturated heterocycles. The third-order valence-corrected chi connectivity index (χ3v) is 6.78. The Bertz CT molecular complexity index is 1150. The van der Waals surface area contributed by atoms with E-state index in [-0.39, 0.29) is 11.4 Å². The zero-order valence-electron chi connectivity index (χ0n) is 16.3. The largest absolute Gasteiger partial charge is 0.357 e. The number of carbonyl (C=O) groups is 1. The monoisotopic (exact) mass is 381 g/mol. The van der Waals surface area contributed by atoms with Crippen LogP contribution in [0.3, 0.4) is 0 Å². The number of carbonyl (C=O) groups excluding carboxylic acids is 1. The Morgan fingerprint density at radius 2 is 1.93 bits per heavy atom. The Labute approximate surface area is 170 Å². The number of nitrogens with one attached hydrogen (secondary N) is 2. The molecule has 3 aliphatic rings. The van der Waals surface area contributed by atoms with E-state index >= 15 is 0 Å². The van der Waals surface area contributed by atoms with Crippen molar-refractivity contribution in [3.63, 3.8) is 0 Å². The second kappa shape index (κ2) is 6.18. The van der Waals surface area contributed by atoms with Gasteiger partial charge in [0, 0.05) is 29.4 Å². The van der Waals surface area contributed by atoms with Gasteiger partial charge in [-0.3, -0.25) is 9.78 Å². The van der Waals surface area contributed by atoms with Crippen LogP contribution in [0.5, 0.6) is 0 Å². The van der Waals surface area contributed by atoms with Gasteiger partial charge in [0.1, 0.15) is 0 Å². The minimum Gasteiger partial charge on any atom is -0.357 e. The number of aryl methyl sites for hydroxylation is 1. The van der Waals surface area contributed by atoms with E-state index in [1.54, 1.807) is 0 Å². The summed E-state index contributed by atoms with van der Waals surface area (Å²) in [5.74, 6) is 0.116. The van der Waals surface area contributed by atoms with Crippen LogP contribution in [0, 0.1) is 0 Å². The van der Waals surface area contributed by atoms with Crippen molar-refractivity contribution in [3.8, 4) is 11.3 Å². The fourth-order valence-corrected chi connectivity index (χ4v) is 5.10. The van der Waals surface area contributed by atoms with E-state index in [0.717, 1.165) is 60.3 Å². The molecule has 2 N–H and O–H groups in total. The van der Waals surface area contributed by atoms with Gasteiger partial charge >= 0.3 is 0 Å². The van der Waals surface area contributed by atoms with Crippen LogP contribution < -0.4 is 5.32 Å². The SMILES string of the molecule is O=C1NC2(CCC2)Cc2[nH]c3c(c21)CCc1cnc(C=Cc2ccccc2)cc1-3. The molecule has 2 aliphatic carbocycles. The average molecular weight is 381 g/mol. The maximum atomic E-state index is 12.9. The van der Waals surface area contributed by atoms with Crippen LogP contribution in [0.2, 0.25) is 0 Å². The van der Waals surface area contributed by atoms with Crippen molar-refractivity contribution in [2.24, 2.45) is 0 Å². The molecule has 0 atom stereocenters. The Morgan fingerprint density at radius 3 is 2.72 bits per heavy atom. The summed E-state index contributed by atoms with van der Waals surface area (Å²) >= 11 is 0. The molecule has 4 nitrogen and oxygen atoms in total. The smallest absolute Gasteiger partial charge is 0.253 e. The van der Waals surface area contributed by atoms with Gasteiger partial charge in [-0.2, -0.15) is 0 Å². The van der Waals surface area contributed by atoms with Crippen LogP contribution in [0.4, 0.5) is 0 Å². The van der Waals surface area contributed by atoms with Crippen molar-refractivity contribution in [1.82, 2.24) is 15.3 Å². The molecule has 1 fully saturated rings. The van der Waals surface area contributed by atoms with Gasteiger partial charge in [0.2, 0.25) is 0 Å². The molecule has 144 valence electrons. The van der Waals surface area contributed by atoms with E-state index in [4.69, 9.17) is 0 Å². The van der Waals surface area contributed by atoms with E-state index in [0.29, 0.717) is 0 Å². The lowest BCUT2D eigenvalue weighted by Crippen LogP contribution is -2.57. The number of H-pyrrole nitrogens is 1. The molecule has 0 unspecified atom stereocenters. The number of aromatic nitrogens is 2.